The molecule has 18 heavy (non-hydrogen) atoms. The Bertz CT molecular complexity index is 607. The summed E-state index contributed by atoms with van der Waals surface area (Å²) in [7, 11) is 1.54. The lowest BCUT2D eigenvalue weighted by molar-refractivity contribution is 0.0691. The number of carboxylic acid groups (broad SMARTS) is 1. The molecular formula is C12H11ClN2O3. The van der Waals surface area contributed by atoms with Crippen LogP contribution in [0.25, 0.3) is 11.4 Å². The summed E-state index contributed by atoms with van der Waals surface area (Å²) in [6.45, 7) is 1.92. The van der Waals surface area contributed by atoms with Crippen molar-refractivity contribution in [2.24, 2.45) is 0 Å². The lowest BCUT2D eigenvalue weighted by Gasteiger charge is -2.06. The van der Waals surface area contributed by atoms with Crippen LogP contribution in [0.1, 0.15) is 16.1 Å². The third-order valence-electron chi connectivity index (χ3n) is 2.47. The van der Waals surface area contributed by atoms with Crippen LogP contribution in [-0.4, -0.2) is 28.2 Å². The third-order valence-corrected chi connectivity index (χ3v) is 2.75. The highest BCUT2D eigenvalue weighted by molar-refractivity contribution is 6.32. The molecule has 2 N–H and O–H groups in total. The second-order valence-electron chi connectivity index (χ2n) is 3.76. The van der Waals surface area contributed by atoms with Crippen LogP contribution in [0.2, 0.25) is 5.15 Å². The van der Waals surface area contributed by atoms with Crippen molar-refractivity contribution in [2.75, 3.05) is 7.11 Å². The molecule has 0 aliphatic heterocycles. The minimum absolute atomic E-state index is 0.000981. The molecule has 2 rings (SSSR count). The van der Waals surface area contributed by atoms with Gasteiger partial charge in [-0.1, -0.05) is 23.2 Å². The van der Waals surface area contributed by atoms with E-state index in [-0.39, 0.29) is 10.8 Å². The van der Waals surface area contributed by atoms with Crippen LogP contribution in [0.3, 0.4) is 0 Å². The first-order valence-corrected chi connectivity index (χ1v) is 5.54. The topological polar surface area (TPSA) is 75.2 Å². The van der Waals surface area contributed by atoms with E-state index in [9.17, 15) is 4.79 Å². The fourth-order valence-electron chi connectivity index (χ4n) is 1.63. The van der Waals surface area contributed by atoms with Crippen LogP contribution in [-0.2, 0) is 0 Å². The van der Waals surface area contributed by atoms with Crippen molar-refractivity contribution in [1.29, 1.82) is 0 Å². The molecule has 0 aliphatic carbocycles. The maximum atomic E-state index is 10.9. The fraction of sp³-hybridized carbons (Fsp3) is 0.167. The number of methoxy groups -OCH3 is 1. The van der Waals surface area contributed by atoms with E-state index in [1.54, 1.807) is 6.07 Å². The van der Waals surface area contributed by atoms with E-state index >= 15 is 0 Å². The average Bonchev–Trinajstić information content (AvgIpc) is 2.71. The average molecular weight is 267 g/mol. The van der Waals surface area contributed by atoms with Crippen molar-refractivity contribution < 1.29 is 14.6 Å². The molecule has 1 heterocycles. The highest BCUT2D eigenvalue weighted by atomic mass is 35.5. The predicted octanol–water partition coefficient (Wildman–Crippen LogP) is 2.75. The maximum Gasteiger partial charge on any atom is 0.357 e. The van der Waals surface area contributed by atoms with Crippen molar-refractivity contribution >= 4 is 17.6 Å². The summed E-state index contributed by atoms with van der Waals surface area (Å²) < 4.78 is 5.21. The molecule has 0 radical (unpaired) electrons. The maximum absolute atomic E-state index is 10.9. The number of halogens is 1. The number of ether oxygens (including phenoxy) is 1. The summed E-state index contributed by atoms with van der Waals surface area (Å²) in [6.07, 6.45) is 0. The van der Waals surface area contributed by atoms with Crippen molar-refractivity contribution in [3.63, 3.8) is 0 Å². The van der Waals surface area contributed by atoms with Gasteiger partial charge in [-0.25, -0.2) is 9.78 Å². The van der Waals surface area contributed by atoms with E-state index in [2.05, 4.69) is 9.97 Å². The first kappa shape index (κ1) is 12.4. The van der Waals surface area contributed by atoms with Crippen LogP contribution in [0, 0.1) is 6.92 Å². The van der Waals surface area contributed by atoms with Crippen LogP contribution < -0.4 is 4.74 Å². The van der Waals surface area contributed by atoms with Gasteiger partial charge in [0.1, 0.15) is 16.7 Å². The van der Waals surface area contributed by atoms with E-state index in [0.29, 0.717) is 17.1 Å². The number of hydrogen-bond acceptors (Lipinski definition) is 3. The van der Waals surface area contributed by atoms with Gasteiger partial charge in [-0.15, -0.1) is 0 Å². The molecule has 0 spiro atoms. The van der Waals surface area contributed by atoms with Gasteiger partial charge in [0.15, 0.2) is 5.69 Å². The summed E-state index contributed by atoms with van der Waals surface area (Å²) in [5.74, 6) is -0.199. The normalized spacial score (nSPS) is 10.4. The summed E-state index contributed by atoms with van der Waals surface area (Å²) in [5, 5.41) is 8.91. The largest absolute Gasteiger partial charge is 0.496 e. The molecule has 0 saturated carbocycles. The summed E-state index contributed by atoms with van der Waals surface area (Å²) in [4.78, 5) is 17.6. The van der Waals surface area contributed by atoms with Crippen molar-refractivity contribution in [3.8, 4) is 17.1 Å². The first-order valence-electron chi connectivity index (χ1n) is 5.16. The number of aromatic carboxylic acids is 1. The fourth-order valence-corrected chi connectivity index (χ4v) is 1.84. The number of carboxylic acids is 1. The minimum Gasteiger partial charge on any atom is -0.496 e. The molecule has 0 unspecified atom stereocenters. The molecule has 1 aromatic carbocycles. The van der Waals surface area contributed by atoms with Crippen LogP contribution in [0.4, 0.5) is 0 Å². The van der Waals surface area contributed by atoms with Gasteiger partial charge >= 0.3 is 5.97 Å². The van der Waals surface area contributed by atoms with E-state index < -0.39 is 5.97 Å². The summed E-state index contributed by atoms with van der Waals surface area (Å²) >= 11 is 5.79. The number of aromatic nitrogens is 2. The van der Waals surface area contributed by atoms with E-state index in [1.165, 1.54) is 7.11 Å². The second kappa shape index (κ2) is 4.70. The predicted molar refractivity (Wildman–Crippen MR) is 67.3 cm³/mol. The summed E-state index contributed by atoms with van der Waals surface area (Å²) in [5.41, 5.74) is 1.48. The van der Waals surface area contributed by atoms with Crippen molar-refractivity contribution in [3.05, 3.63) is 34.6 Å². The molecular weight excluding hydrogens is 256 g/mol. The van der Waals surface area contributed by atoms with E-state index in [0.717, 1.165) is 5.56 Å². The van der Waals surface area contributed by atoms with Crippen LogP contribution >= 0.6 is 11.6 Å². The van der Waals surface area contributed by atoms with Gasteiger partial charge < -0.3 is 14.8 Å². The van der Waals surface area contributed by atoms with E-state index in [1.807, 2.05) is 19.1 Å². The Kier molecular flexibility index (Phi) is 3.25. The Morgan fingerprint density at radius 3 is 2.78 bits per heavy atom. The van der Waals surface area contributed by atoms with Crippen LogP contribution in [0.15, 0.2) is 18.2 Å². The molecule has 0 atom stereocenters. The Hall–Kier alpha value is -2.01. The van der Waals surface area contributed by atoms with Crippen molar-refractivity contribution in [1.82, 2.24) is 9.97 Å². The lowest BCUT2D eigenvalue weighted by atomic mass is 10.1. The zero-order valence-corrected chi connectivity index (χ0v) is 10.6. The van der Waals surface area contributed by atoms with E-state index in [4.69, 9.17) is 21.4 Å². The quantitative estimate of drug-likeness (QED) is 0.896. The Morgan fingerprint density at radius 1 is 1.50 bits per heavy atom. The van der Waals surface area contributed by atoms with Crippen molar-refractivity contribution in [2.45, 2.75) is 6.92 Å². The molecule has 0 saturated heterocycles. The third kappa shape index (κ3) is 2.17. The van der Waals surface area contributed by atoms with Gasteiger partial charge in [0, 0.05) is 0 Å². The number of nitrogens with zero attached hydrogens (tertiary/aromatic N) is 1. The monoisotopic (exact) mass is 266 g/mol. The highest BCUT2D eigenvalue weighted by Gasteiger charge is 2.18. The lowest BCUT2D eigenvalue weighted by Crippen LogP contribution is -1.97. The number of rotatable bonds is 3. The number of hydrogen-bond donors (Lipinski definition) is 2. The molecule has 0 bridgehead atoms. The molecule has 94 valence electrons. The first-order chi connectivity index (χ1) is 8.52. The smallest absolute Gasteiger partial charge is 0.357 e. The number of aryl methyl sites for hydroxylation is 1. The number of aromatic amines is 1. The second-order valence-corrected chi connectivity index (χ2v) is 4.13. The minimum atomic E-state index is -1.17. The number of benzene rings is 1. The zero-order valence-electron chi connectivity index (χ0n) is 9.82. The molecule has 0 aliphatic rings. The molecule has 2 aromatic rings. The van der Waals surface area contributed by atoms with Gasteiger partial charge in [-0.3, -0.25) is 0 Å². The molecule has 0 fully saturated rings. The number of H-pyrrole nitrogens is 1. The number of carbonyl (C=O) groups is 1. The number of nitrogens with one attached hydrogen (secondary N) is 1. The molecule has 1 aromatic heterocycles. The van der Waals surface area contributed by atoms with Gasteiger partial charge in [-0.2, -0.15) is 0 Å². The SMILES string of the molecule is COc1ccc(C)cc1-c1nc(C(=O)O)c(Cl)[nH]1. The Morgan fingerprint density at radius 2 is 2.22 bits per heavy atom. The van der Waals surface area contributed by atoms with Gasteiger partial charge in [0.25, 0.3) is 0 Å². The van der Waals surface area contributed by atoms with Crippen LogP contribution in [0.5, 0.6) is 5.75 Å². The van der Waals surface area contributed by atoms with Gasteiger partial charge in [-0.05, 0) is 19.1 Å². The highest BCUT2D eigenvalue weighted by Crippen LogP contribution is 2.30. The standard InChI is InChI=1S/C12H11ClN2O3/c1-6-3-4-8(18-2)7(5-6)11-14-9(12(16)17)10(13)15-11/h3-5H,1-2H3,(H,14,15)(H,16,17). The Balaban J connectivity index is 2.58. The molecule has 0 amide bonds. The Labute approximate surface area is 108 Å². The zero-order chi connectivity index (χ0) is 13.3. The number of imidazole rings is 1. The molecule has 5 nitrogen and oxygen atoms in total. The molecule has 6 heteroatoms. The van der Waals surface area contributed by atoms with Gasteiger partial charge in [0.2, 0.25) is 0 Å². The van der Waals surface area contributed by atoms with Gasteiger partial charge in [0.05, 0.1) is 12.7 Å². The summed E-state index contributed by atoms with van der Waals surface area (Å²) in [6, 6.07) is 5.53.